The van der Waals surface area contributed by atoms with Crippen molar-refractivity contribution in [3.63, 3.8) is 0 Å². The van der Waals surface area contributed by atoms with Crippen molar-refractivity contribution < 1.29 is 42.1 Å². The van der Waals surface area contributed by atoms with Gasteiger partial charge in [0.25, 0.3) is 0 Å². The van der Waals surface area contributed by atoms with Crippen LogP contribution in [0.25, 0.3) is 11.4 Å². The number of rotatable bonds is 20. The lowest BCUT2D eigenvalue weighted by Crippen LogP contribution is -2.40. The van der Waals surface area contributed by atoms with Crippen molar-refractivity contribution in [2.75, 3.05) is 0 Å². The zero-order chi connectivity index (χ0) is 60.3. The number of nitriles is 2. The van der Waals surface area contributed by atoms with Gasteiger partial charge in [0.05, 0.1) is 54.6 Å². The highest BCUT2D eigenvalue weighted by Crippen LogP contribution is 2.21. The van der Waals surface area contributed by atoms with Crippen LogP contribution in [-0.2, 0) is 42.4 Å². The van der Waals surface area contributed by atoms with E-state index in [0.717, 1.165) is 44.3 Å². The van der Waals surface area contributed by atoms with E-state index >= 15 is 0 Å². The summed E-state index contributed by atoms with van der Waals surface area (Å²) in [5.41, 5.74) is 7.48. The Bertz CT molecular complexity index is 3100. The molecule has 7 aromatic rings. The highest BCUT2D eigenvalue weighted by molar-refractivity contribution is 9.08. The number of H-pyrrole nitrogens is 1. The number of alkyl halides is 1. The third-order valence-electron chi connectivity index (χ3n) is 12.6. The van der Waals surface area contributed by atoms with Crippen LogP contribution in [0.2, 0.25) is 0 Å². The van der Waals surface area contributed by atoms with Gasteiger partial charge in [0.1, 0.15) is 35.8 Å². The second-order valence-corrected chi connectivity index (χ2v) is 20.7. The quantitative estimate of drug-likeness (QED) is 0.0451. The first-order valence-corrected chi connectivity index (χ1v) is 27.7. The molecule has 0 spiro atoms. The average molecular weight is 1190 g/mol. The van der Waals surface area contributed by atoms with Crippen LogP contribution in [0.15, 0.2) is 146 Å². The summed E-state index contributed by atoms with van der Waals surface area (Å²) >= 11 is 3.26. The molecule has 7 rings (SSSR count). The van der Waals surface area contributed by atoms with Gasteiger partial charge in [-0.15, -0.1) is 10.2 Å². The number of tetrazole rings is 1. The first-order valence-electron chi connectivity index (χ1n) is 26.6. The van der Waals surface area contributed by atoms with Gasteiger partial charge in [0.2, 0.25) is 23.5 Å². The Morgan fingerprint density at radius 1 is 0.524 bits per heavy atom. The molecule has 6 atom stereocenters. The van der Waals surface area contributed by atoms with Crippen LogP contribution in [0.3, 0.4) is 0 Å². The van der Waals surface area contributed by atoms with Crippen molar-refractivity contribution in [3.8, 4) is 23.5 Å². The van der Waals surface area contributed by atoms with Gasteiger partial charge in [-0.1, -0.05) is 142 Å². The maximum atomic E-state index is 13.0. The van der Waals surface area contributed by atoms with Crippen LogP contribution >= 0.6 is 15.9 Å². The van der Waals surface area contributed by atoms with Crippen molar-refractivity contribution in [1.29, 1.82) is 10.5 Å². The van der Waals surface area contributed by atoms with Crippen LogP contribution in [0.4, 0.5) is 13.2 Å². The summed E-state index contributed by atoms with van der Waals surface area (Å²) < 4.78 is 49.8. The lowest BCUT2D eigenvalue weighted by atomic mass is 10.0. The molecule has 0 fully saturated rings. The zero-order valence-corrected chi connectivity index (χ0v) is 49.0. The number of ether oxygens (including phenoxy) is 2. The monoisotopic (exact) mass is 1190 g/mol. The number of aromatic amines is 1. The molecule has 5 N–H and O–H groups in total. The molecule has 0 bridgehead atoms. The summed E-state index contributed by atoms with van der Waals surface area (Å²) in [4.78, 5) is 37.1. The molecule has 0 aliphatic carbocycles. The lowest BCUT2D eigenvalue weighted by Gasteiger charge is -2.23. The molecule has 6 aromatic carbocycles. The van der Waals surface area contributed by atoms with Crippen molar-refractivity contribution in [1.82, 2.24) is 36.6 Å². The van der Waals surface area contributed by atoms with Gasteiger partial charge in [0.15, 0.2) is 0 Å². The molecular weight excluding hydrogens is 1120 g/mol. The van der Waals surface area contributed by atoms with E-state index in [1.54, 1.807) is 86.6 Å². The highest BCUT2D eigenvalue weighted by Gasteiger charge is 2.27. The zero-order valence-electron chi connectivity index (χ0n) is 47.4. The van der Waals surface area contributed by atoms with Crippen molar-refractivity contribution in [3.05, 3.63) is 208 Å². The number of nitrogens with one attached hydrogen (secondary N) is 4. The molecule has 0 aliphatic rings. The Morgan fingerprint density at radius 2 is 0.866 bits per heavy atom. The molecule has 0 radical (unpaired) electrons. The first kappa shape index (κ1) is 66.4. The summed E-state index contributed by atoms with van der Waals surface area (Å²) in [6, 6.07) is 43.7. The predicted octanol–water partition coefficient (Wildman–Crippen LogP) is 12.0. The molecular formula is C63H71BrF3N9O6. The Morgan fingerprint density at radius 3 is 1.17 bits per heavy atom. The van der Waals surface area contributed by atoms with Crippen LogP contribution < -0.4 is 16.0 Å². The van der Waals surface area contributed by atoms with E-state index in [2.05, 4.69) is 58.6 Å². The van der Waals surface area contributed by atoms with Gasteiger partial charge in [-0.3, -0.25) is 14.4 Å². The molecule has 15 nitrogen and oxygen atoms in total. The normalized spacial score (nSPS) is 12.9. The number of aromatic nitrogens is 4. The predicted molar refractivity (Wildman–Crippen MR) is 311 cm³/mol. The highest BCUT2D eigenvalue weighted by atomic mass is 79.9. The minimum absolute atomic E-state index is 0.0105. The van der Waals surface area contributed by atoms with Crippen molar-refractivity contribution in [2.45, 2.75) is 117 Å². The summed E-state index contributed by atoms with van der Waals surface area (Å²) in [6.45, 7) is 17.4. The van der Waals surface area contributed by atoms with Crippen LogP contribution in [0.1, 0.15) is 125 Å². The molecule has 1 aromatic heterocycles. The minimum Gasteiger partial charge on any atom is -0.383 e. The van der Waals surface area contributed by atoms with Crippen LogP contribution in [-0.4, -0.2) is 61.8 Å². The number of carbonyl (C=O) groups is 3. The maximum absolute atomic E-state index is 13.0. The molecule has 82 heavy (non-hydrogen) atoms. The van der Waals surface area contributed by atoms with E-state index < -0.39 is 18.3 Å². The fourth-order valence-corrected chi connectivity index (χ4v) is 7.96. The maximum Gasteiger partial charge on any atom is 0.249 e. The topological polar surface area (TPSA) is 228 Å². The van der Waals surface area contributed by atoms with Crippen molar-refractivity contribution in [2.24, 2.45) is 17.8 Å². The number of aliphatic hydroxyl groups excluding tert-OH is 1. The SMILES string of the molecule is CC(C)[C@@H](O)C(=O)N[C@@H](C)c1ccc(C#N)cc1.CC(C)[C@@H](OCc1ccc(F)cc1)C(=O)N[C@@H](C)c1ccc(-c2nn[nH]n2)cc1.CC(C)[C@@H](OCc1ccc(F)cc1)C(=O)N[C@@H](C)c1ccc(C#N)cc1.Fc1ccc(CBr)cc1. The third kappa shape index (κ3) is 22.5. The Kier molecular flexibility index (Phi) is 27.8. The smallest absolute Gasteiger partial charge is 0.249 e. The van der Waals surface area contributed by atoms with Crippen LogP contribution in [0, 0.1) is 57.9 Å². The number of aliphatic hydroxyl groups is 1. The Labute approximate surface area is 486 Å². The number of benzene rings is 6. The number of carbonyl (C=O) groups excluding carboxylic acids is 3. The number of hydrogen-bond acceptors (Lipinski definition) is 11. The summed E-state index contributed by atoms with van der Waals surface area (Å²) in [6.07, 6.45) is -2.21. The van der Waals surface area contributed by atoms with Gasteiger partial charge in [-0.05, 0) is 138 Å². The third-order valence-corrected chi connectivity index (χ3v) is 13.2. The standard InChI is InChI=1S/C21H24FN5O2.C21H23FN2O2.C14H18N2O2.C7H6BrF/c1-13(2)19(29-12-15-4-10-18(22)11-5-15)21(28)23-14(3)16-6-8-17(9-7-16)20-24-26-27-25-20;1-14(2)20(26-13-17-6-10-19(22)11-7-17)21(25)24-15(3)18-8-4-16(12-23)5-9-18;1-9(2)13(17)14(18)16-10(3)12-6-4-11(8-15)5-7-12;8-5-6-1-3-7(9)4-2-6/h4-11,13-14,19H,12H2,1-3H3,(H,23,28)(H,24,25,26,27);4-11,14-15,20H,13H2,1-3H3,(H,24,25);4-7,9-10,13,17H,1-3H3,(H,16,18);1-4H,5H2/t14-,19+;15-,20+;10-,13+;/m000./s1. The number of nitrogens with zero attached hydrogens (tertiary/aromatic N) is 5. The molecule has 1 heterocycles. The fourth-order valence-electron chi connectivity index (χ4n) is 7.59. The average Bonchev–Trinajstić information content (AvgIpc) is 4.02. The summed E-state index contributed by atoms with van der Waals surface area (Å²) in [5, 5.41) is 50.5. The van der Waals surface area contributed by atoms with Crippen LogP contribution in [0.5, 0.6) is 0 Å². The second kappa shape index (κ2) is 34.3. The summed E-state index contributed by atoms with van der Waals surface area (Å²) in [7, 11) is 0. The summed E-state index contributed by atoms with van der Waals surface area (Å²) in [5.74, 6) is -1.15. The Balaban J connectivity index is 0.000000250. The van der Waals surface area contributed by atoms with E-state index in [9.17, 15) is 32.7 Å². The number of halogens is 4. The number of amides is 3. The fraction of sp³-hybridized carbons (Fsp3) is 0.333. The molecule has 0 aliphatic heterocycles. The molecule has 432 valence electrons. The van der Waals surface area contributed by atoms with Gasteiger partial charge >= 0.3 is 0 Å². The molecule has 0 saturated heterocycles. The second-order valence-electron chi connectivity index (χ2n) is 20.2. The van der Waals surface area contributed by atoms with E-state index in [4.69, 9.17) is 20.0 Å². The molecule has 0 unspecified atom stereocenters. The van der Waals surface area contributed by atoms with E-state index in [1.165, 1.54) is 36.4 Å². The molecule has 0 saturated carbocycles. The van der Waals surface area contributed by atoms with E-state index in [1.807, 2.05) is 90.9 Å². The van der Waals surface area contributed by atoms with Crippen molar-refractivity contribution >= 4 is 33.7 Å². The first-order chi connectivity index (χ1) is 39.1. The number of hydrogen-bond donors (Lipinski definition) is 5. The Hall–Kier alpha value is -8.07. The van der Waals surface area contributed by atoms with Gasteiger partial charge in [-0.2, -0.15) is 15.7 Å². The van der Waals surface area contributed by atoms with Gasteiger partial charge in [-0.25, -0.2) is 13.2 Å². The van der Waals surface area contributed by atoms with E-state index in [0.29, 0.717) is 17.0 Å². The van der Waals surface area contributed by atoms with Gasteiger partial charge < -0.3 is 30.5 Å². The lowest BCUT2D eigenvalue weighted by molar-refractivity contribution is -0.138. The molecule has 3 amide bonds. The van der Waals surface area contributed by atoms with E-state index in [-0.39, 0.29) is 84.3 Å². The minimum atomic E-state index is -0.995. The largest absolute Gasteiger partial charge is 0.383 e. The molecule has 19 heteroatoms. The van der Waals surface area contributed by atoms with Gasteiger partial charge in [0, 0.05) is 10.9 Å².